The first-order valence-electron chi connectivity index (χ1n) is 6.67. The van der Waals surface area contributed by atoms with Crippen LogP contribution < -0.4 is 10.6 Å². The molecule has 1 aromatic carbocycles. The standard InChI is InChI=1S/C15H19N3O2S/c1-10-4-5-11(2)12(8-10)13-9-21-15(17-13)18-14(19)16-6-7-20-3/h4-5,8-9H,6-7H2,1-3H3,(H2,16,17,18,19). The first-order chi connectivity index (χ1) is 10.1. The van der Waals surface area contributed by atoms with Crippen LogP contribution in [0.4, 0.5) is 9.93 Å². The highest BCUT2D eigenvalue weighted by atomic mass is 32.1. The quantitative estimate of drug-likeness (QED) is 0.834. The van der Waals surface area contributed by atoms with Crippen molar-refractivity contribution in [1.82, 2.24) is 10.3 Å². The summed E-state index contributed by atoms with van der Waals surface area (Å²) in [4.78, 5) is 16.1. The van der Waals surface area contributed by atoms with E-state index in [0.717, 1.165) is 11.3 Å². The summed E-state index contributed by atoms with van der Waals surface area (Å²) in [6.45, 7) is 5.06. The number of methoxy groups -OCH3 is 1. The van der Waals surface area contributed by atoms with E-state index in [-0.39, 0.29) is 6.03 Å². The van der Waals surface area contributed by atoms with E-state index in [4.69, 9.17) is 4.74 Å². The molecule has 1 heterocycles. The topological polar surface area (TPSA) is 63.2 Å². The van der Waals surface area contributed by atoms with Crippen molar-refractivity contribution in [3.63, 3.8) is 0 Å². The molecule has 0 saturated heterocycles. The normalized spacial score (nSPS) is 10.4. The number of nitrogens with one attached hydrogen (secondary N) is 2. The van der Waals surface area contributed by atoms with Crippen molar-refractivity contribution < 1.29 is 9.53 Å². The number of urea groups is 1. The van der Waals surface area contributed by atoms with E-state index in [2.05, 4.69) is 47.7 Å². The van der Waals surface area contributed by atoms with Crippen molar-refractivity contribution in [1.29, 1.82) is 0 Å². The molecule has 0 radical (unpaired) electrons. The summed E-state index contributed by atoms with van der Waals surface area (Å²) in [5.74, 6) is 0. The van der Waals surface area contributed by atoms with Gasteiger partial charge in [0.05, 0.1) is 12.3 Å². The number of aryl methyl sites for hydroxylation is 2. The number of benzene rings is 1. The zero-order valence-electron chi connectivity index (χ0n) is 12.4. The van der Waals surface area contributed by atoms with Crippen LogP contribution in [0, 0.1) is 13.8 Å². The highest BCUT2D eigenvalue weighted by Gasteiger charge is 2.09. The zero-order chi connectivity index (χ0) is 15.2. The van der Waals surface area contributed by atoms with E-state index in [9.17, 15) is 4.79 Å². The minimum absolute atomic E-state index is 0.270. The summed E-state index contributed by atoms with van der Waals surface area (Å²) in [5.41, 5.74) is 4.34. The van der Waals surface area contributed by atoms with E-state index >= 15 is 0 Å². The largest absolute Gasteiger partial charge is 0.383 e. The molecule has 112 valence electrons. The Morgan fingerprint density at radius 2 is 2.19 bits per heavy atom. The van der Waals surface area contributed by atoms with E-state index in [1.165, 1.54) is 22.5 Å². The molecule has 0 atom stereocenters. The highest BCUT2D eigenvalue weighted by Crippen LogP contribution is 2.28. The van der Waals surface area contributed by atoms with E-state index in [1.807, 2.05) is 5.38 Å². The van der Waals surface area contributed by atoms with Crippen LogP contribution in [-0.2, 0) is 4.74 Å². The number of ether oxygens (including phenoxy) is 1. The van der Waals surface area contributed by atoms with Gasteiger partial charge in [0.2, 0.25) is 0 Å². The Kier molecular flexibility index (Phi) is 5.30. The molecular formula is C15H19N3O2S. The summed E-state index contributed by atoms with van der Waals surface area (Å²) in [6.07, 6.45) is 0. The maximum atomic E-state index is 11.6. The van der Waals surface area contributed by atoms with Crippen molar-refractivity contribution in [2.24, 2.45) is 0 Å². The number of carbonyl (C=O) groups is 1. The van der Waals surface area contributed by atoms with Gasteiger partial charge in [-0.05, 0) is 25.5 Å². The van der Waals surface area contributed by atoms with Gasteiger partial charge in [0, 0.05) is 24.6 Å². The molecule has 2 amide bonds. The number of anilines is 1. The number of rotatable bonds is 5. The van der Waals surface area contributed by atoms with Gasteiger partial charge < -0.3 is 10.1 Å². The van der Waals surface area contributed by atoms with Crippen LogP contribution in [-0.4, -0.2) is 31.3 Å². The van der Waals surface area contributed by atoms with Crippen LogP contribution >= 0.6 is 11.3 Å². The smallest absolute Gasteiger partial charge is 0.321 e. The molecule has 0 unspecified atom stereocenters. The van der Waals surface area contributed by atoms with Crippen LogP contribution in [0.15, 0.2) is 23.6 Å². The van der Waals surface area contributed by atoms with Crippen molar-refractivity contribution in [2.45, 2.75) is 13.8 Å². The third-order valence-corrected chi connectivity index (χ3v) is 3.74. The first-order valence-corrected chi connectivity index (χ1v) is 7.55. The second kappa shape index (κ2) is 7.19. The molecule has 0 aliphatic carbocycles. The predicted octanol–water partition coefficient (Wildman–Crippen LogP) is 3.19. The summed E-state index contributed by atoms with van der Waals surface area (Å²) >= 11 is 1.41. The lowest BCUT2D eigenvalue weighted by Crippen LogP contribution is -2.31. The molecule has 1 aromatic heterocycles. The summed E-state index contributed by atoms with van der Waals surface area (Å²) in [7, 11) is 1.59. The van der Waals surface area contributed by atoms with Crippen LogP contribution in [0.5, 0.6) is 0 Å². The number of nitrogens with zero attached hydrogens (tertiary/aromatic N) is 1. The summed E-state index contributed by atoms with van der Waals surface area (Å²) in [5, 5.41) is 7.96. The number of amides is 2. The zero-order valence-corrected chi connectivity index (χ0v) is 13.2. The predicted molar refractivity (Wildman–Crippen MR) is 85.9 cm³/mol. The average molecular weight is 305 g/mol. The first kappa shape index (κ1) is 15.5. The fraction of sp³-hybridized carbons (Fsp3) is 0.333. The Labute approximate surface area is 128 Å². The van der Waals surface area contributed by atoms with E-state index < -0.39 is 0 Å². The van der Waals surface area contributed by atoms with Gasteiger partial charge in [-0.2, -0.15) is 0 Å². The minimum Gasteiger partial charge on any atom is -0.383 e. The molecule has 0 saturated carbocycles. The van der Waals surface area contributed by atoms with Crippen molar-refractivity contribution in [3.05, 3.63) is 34.7 Å². The second-order valence-electron chi connectivity index (χ2n) is 4.73. The number of hydrogen-bond donors (Lipinski definition) is 2. The SMILES string of the molecule is COCCNC(=O)Nc1nc(-c2cc(C)ccc2C)cs1. The number of carbonyl (C=O) groups excluding carboxylic acids is 1. The number of thiazole rings is 1. The highest BCUT2D eigenvalue weighted by molar-refractivity contribution is 7.14. The van der Waals surface area contributed by atoms with E-state index in [0.29, 0.717) is 18.3 Å². The number of aromatic nitrogens is 1. The number of hydrogen-bond acceptors (Lipinski definition) is 4. The fourth-order valence-corrected chi connectivity index (χ4v) is 2.58. The lowest BCUT2D eigenvalue weighted by Gasteiger charge is -2.05. The molecule has 6 heteroatoms. The third kappa shape index (κ3) is 4.27. The Bertz CT molecular complexity index is 625. The molecule has 0 aliphatic rings. The summed E-state index contributed by atoms with van der Waals surface area (Å²) in [6, 6.07) is 5.99. The molecule has 5 nitrogen and oxygen atoms in total. The molecule has 0 bridgehead atoms. The van der Waals surface area contributed by atoms with Crippen molar-refractivity contribution in [3.8, 4) is 11.3 Å². The second-order valence-corrected chi connectivity index (χ2v) is 5.59. The molecule has 2 aromatic rings. The van der Waals surface area contributed by atoms with Crippen molar-refractivity contribution >= 4 is 22.5 Å². The Morgan fingerprint density at radius 3 is 2.95 bits per heavy atom. The monoisotopic (exact) mass is 305 g/mol. The Balaban J connectivity index is 2.04. The molecular weight excluding hydrogens is 286 g/mol. The van der Waals surface area contributed by atoms with E-state index in [1.54, 1.807) is 7.11 Å². The molecule has 0 spiro atoms. The third-order valence-electron chi connectivity index (χ3n) is 2.99. The van der Waals surface area contributed by atoms with Gasteiger partial charge in [-0.1, -0.05) is 17.7 Å². The van der Waals surface area contributed by atoms with Gasteiger partial charge >= 0.3 is 6.03 Å². The maximum absolute atomic E-state index is 11.6. The van der Waals surface area contributed by atoms with Crippen LogP contribution in [0.1, 0.15) is 11.1 Å². The van der Waals surface area contributed by atoms with Crippen molar-refractivity contribution in [2.75, 3.05) is 25.6 Å². The molecule has 21 heavy (non-hydrogen) atoms. The minimum atomic E-state index is -0.270. The lowest BCUT2D eigenvalue weighted by atomic mass is 10.0. The summed E-state index contributed by atoms with van der Waals surface area (Å²) < 4.78 is 4.87. The fourth-order valence-electron chi connectivity index (χ4n) is 1.87. The van der Waals surface area contributed by atoms with Gasteiger partial charge in [0.1, 0.15) is 0 Å². The van der Waals surface area contributed by atoms with Gasteiger partial charge in [-0.25, -0.2) is 9.78 Å². The molecule has 0 fully saturated rings. The van der Waals surface area contributed by atoms with Gasteiger partial charge in [0.25, 0.3) is 0 Å². The van der Waals surface area contributed by atoms with Gasteiger partial charge in [-0.15, -0.1) is 11.3 Å². The molecule has 2 N–H and O–H groups in total. The van der Waals surface area contributed by atoms with Crippen LogP contribution in [0.2, 0.25) is 0 Å². The van der Waals surface area contributed by atoms with Gasteiger partial charge in [0.15, 0.2) is 5.13 Å². The van der Waals surface area contributed by atoms with Crippen LogP contribution in [0.3, 0.4) is 0 Å². The van der Waals surface area contributed by atoms with Crippen LogP contribution in [0.25, 0.3) is 11.3 Å². The molecule has 0 aliphatic heterocycles. The Morgan fingerprint density at radius 1 is 1.38 bits per heavy atom. The maximum Gasteiger partial charge on any atom is 0.321 e. The lowest BCUT2D eigenvalue weighted by molar-refractivity contribution is 0.198. The Hall–Kier alpha value is -1.92. The molecule has 2 rings (SSSR count). The van der Waals surface area contributed by atoms with Gasteiger partial charge in [-0.3, -0.25) is 5.32 Å². The average Bonchev–Trinajstić information content (AvgIpc) is 2.90.